The highest BCUT2D eigenvalue weighted by Gasteiger charge is 2.07. The minimum Gasteiger partial charge on any atom is -0.486 e. The van der Waals surface area contributed by atoms with E-state index < -0.39 is 0 Å². The highest BCUT2D eigenvalue weighted by molar-refractivity contribution is 6.32. The van der Waals surface area contributed by atoms with Crippen LogP contribution < -0.4 is 10.5 Å². The Kier molecular flexibility index (Phi) is 4.68. The fourth-order valence-corrected chi connectivity index (χ4v) is 2.05. The van der Waals surface area contributed by atoms with Crippen molar-refractivity contribution in [3.05, 3.63) is 46.7 Å². The first-order valence-corrected chi connectivity index (χ1v) is 7.07. The normalized spacial score (nSPS) is 12.7. The van der Waals surface area contributed by atoms with Crippen molar-refractivity contribution in [2.75, 3.05) is 0 Å². The van der Waals surface area contributed by atoms with Gasteiger partial charge in [0.1, 0.15) is 12.4 Å². The highest BCUT2D eigenvalue weighted by atomic mass is 35.5. The molecule has 2 N–H and O–H groups in total. The van der Waals surface area contributed by atoms with Crippen LogP contribution in [0.3, 0.4) is 0 Å². The molecule has 0 radical (unpaired) electrons. The molecule has 1 heterocycles. The molecule has 20 heavy (non-hydrogen) atoms. The summed E-state index contributed by atoms with van der Waals surface area (Å²) in [5.74, 6) is 0.648. The predicted octanol–water partition coefficient (Wildman–Crippen LogP) is 3.72. The third kappa shape index (κ3) is 3.52. The van der Waals surface area contributed by atoms with Gasteiger partial charge in [-0.3, -0.25) is 4.68 Å². The summed E-state index contributed by atoms with van der Waals surface area (Å²) >= 11 is 6.19. The van der Waals surface area contributed by atoms with Gasteiger partial charge in [0.25, 0.3) is 0 Å². The van der Waals surface area contributed by atoms with Gasteiger partial charge in [-0.15, -0.1) is 0 Å². The molecule has 0 bridgehead atoms. The summed E-state index contributed by atoms with van der Waals surface area (Å²) in [6.07, 6.45) is 1.95. The first-order chi connectivity index (χ1) is 9.47. The van der Waals surface area contributed by atoms with Crippen LogP contribution in [0.4, 0.5) is 0 Å². The number of ether oxygens (including phenoxy) is 1. The van der Waals surface area contributed by atoms with Crippen molar-refractivity contribution >= 4 is 11.6 Å². The molecule has 5 heteroatoms. The number of hydrogen-bond acceptors (Lipinski definition) is 3. The summed E-state index contributed by atoms with van der Waals surface area (Å²) in [4.78, 5) is 0. The zero-order chi connectivity index (χ0) is 14.7. The number of rotatable bonds is 5. The quantitative estimate of drug-likeness (QED) is 0.914. The van der Waals surface area contributed by atoms with Crippen molar-refractivity contribution in [3.8, 4) is 5.75 Å². The Balaban J connectivity index is 2.03. The van der Waals surface area contributed by atoms with Crippen molar-refractivity contribution in [2.24, 2.45) is 5.73 Å². The molecule has 1 aromatic heterocycles. The van der Waals surface area contributed by atoms with Crippen molar-refractivity contribution in [3.63, 3.8) is 0 Å². The van der Waals surface area contributed by atoms with Crippen LogP contribution in [0.15, 0.2) is 30.5 Å². The molecule has 0 aliphatic carbocycles. The van der Waals surface area contributed by atoms with Gasteiger partial charge in [0.15, 0.2) is 0 Å². The Labute approximate surface area is 124 Å². The average molecular weight is 294 g/mol. The zero-order valence-corrected chi connectivity index (χ0v) is 12.8. The van der Waals surface area contributed by atoms with E-state index in [4.69, 9.17) is 22.1 Å². The largest absolute Gasteiger partial charge is 0.486 e. The summed E-state index contributed by atoms with van der Waals surface area (Å²) in [5.41, 5.74) is 7.69. The zero-order valence-electron chi connectivity index (χ0n) is 12.0. The van der Waals surface area contributed by atoms with Gasteiger partial charge < -0.3 is 10.5 Å². The second-order valence-electron chi connectivity index (χ2n) is 5.15. The van der Waals surface area contributed by atoms with Gasteiger partial charge in [0, 0.05) is 18.3 Å². The van der Waals surface area contributed by atoms with Gasteiger partial charge in [0.05, 0.1) is 10.7 Å². The molecule has 0 saturated carbocycles. The van der Waals surface area contributed by atoms with Gasteiger partial charge in [-0.05, 0) is 44.5 Å². The van der Waals surface area contributed by atoms with Gasteiger partial charge in [-0.25, -0.2) is 0 Å². The van der Waals surface area contributed by atoms with Crippen LogP contribution in [0, 0.1) is 0 Å². The van der Waals surface area contributed by atoms with Crippen LogP contribution in [0.25, 0.3) is 0 Å². The monoisotopic (exact) mass is 293 g/mol. The topological polar surface area (TPSA) is 53.1 Å². The maximum atomic E-state index is 6.19. The van der Waals surface area contributed by atoms with Crippen LogP contribution in [-0.4, -0.2) is 9.78 Å². The van der Waals surface area contributed by atoms with Crippen LogP contribution >= 0.6 is 11.6 Å². The Morgan fingerprint density at radius 3 is 2.60 bits per heavy atom. The Morgan fingerprint density at radius 1 is 1.30 bits per heavy atom. The summed E-state index contributed by atoms with van der Waals surface area (Å²) in [7, 11) is 0. The Morgan fingerprint density at radius 2 is 2.05 bits per heavy atom. The minimum absolute atomic E-state index is 0.0386. The summed E-state index contributed by atoms with van der Waals surface area (Å²) in [6.45, 7) is 6.49. The fraction of sp³-hybridized carbons (Fsp3) is 0.400. The third-order valence-corrected chi connectivity index (χ3v) is 3.35. The lowest BCUT2D eigenvalue weighted by molar-refractivity contribution is 0.299. The molecule has 1 atom stereocenters. The first kappa shape index (κ1) is 14.9. The van der Waals surface area contributed by atoms with E-state index in [1.54, 1.807) is 0 Å². The van der Waals surface area contributed by atoms with Crippen molar-refractivity contribution in [2.45, 2.75) is 39.5 Å². The van der Waals surface area contributed by atoms with Crippen molar-refractivity contribution < 1.29 is 4.74 Å². The molecule has 108 valence electrons. The van der Waals surface area contributed by atoms with Crippen LogP contribution in [-0.2, 0) is 6.61 Å². The number of nitrogens with two attached hydrogens (primary N) is 1. The maximum Gasteiger partial charge on any atom is 0.138 e. The van der Waals surface area contributed by atoms with E-state index in [2.05, 4.69) is 18.9 Å². The molecule has 0 fully saturated rings. The minimum atomic E-state index is -0.0386. The van der Waals surface area contributed by atoms with E-state index in [1.165, 1.54) is 0 Å². The van der Waals surface area contributed by atoms with Gasteiger partial charge in [-0.1, -0.05) is 17.7 Å². The van der Waals surface area contributed by atoms with E-state index >= 15 is 0 Å². The number of hydrogen-bond donors (Lipinski definition) is 1. The molecule has 0 unspecified atom stereocenters. The number of nitrogens with zero attached hydrogens (tertiary/aromatic N) is 2. The Bertz CT molecular complexity index is 578. The standard InChI is InChI=1S/C15H20ClN3O/c1-10(2)19-7-6-13(18-19)9-20-15-5-4-12(11(3)17)8-14(15)16/h4-8,10-11H,9,17H2,1-3H3/t11-/m1/s1. The van der Waals surface area contributed by atoms with E-state index in [-0.39, 0.29) is 6.04 Å². The molecule has 0 amide bonds. The molecule has 4 nitrogen and oxygen atoms in total. The maximum absolute atomic E-state index is 6.19. The van der Waals surface area contributed by atoms with Crippen LogP contribution in [0.2, 0.25) is 5.02 Å². The van der Waals surface area contributed by atoms with Gasteiger partial charge in [0.2, 0.25) is 0 Å². The molecule has 0 saturated heterocycles. The van der Waals surface area contributed by atoms with Crippen molar-refractivity contribution in [1.29, 1.82) is 0 Å². The molecular formula is C15H20ClN3O. The van der Waals surface area contributed by atoms with E-state index in [0.29, 0.717) is 23.4 Å². The number of benzene rings is 1. The van der Waals surface area contributed by atoms with Crippen LogP contribution in [0.5, 0.6) is 5.75 Å². The average Bonchev–Trinajstić information content (AvgIpc) is 2.86. The number of aromatic nitrogens is 2. The lowest BCUT2D eigenvalue weighted by Crippen LogP contribution is -2.05. The number of halogens is 1. The first-order valence-electron chi connectivity index (χ1n) is 6.69. The third-order valence-electron chi connectivity index (χ3n) is 3.05. The molecule has 0 aliphatic rings. The van der Waals surface area contributed by atoms with E-state index in [9.17, 15) is 0 Å². The van der Waals surface area contributed by atoms with Gasteiger partial charge >= 0.3 is 0 Å². The lowest BCUT2D eigenvalue weighted by Gasteiger charge is -2.10. The molecule has 2 aromatic rings. The molecular weight excluding hydrogens is 274 g/mol. The highest BCUT2D eigenvalue weighted by Crippen LogP contribution is 2.27. The predicted molar refractivity (Wildman–Crippen MR) is 81.0 cm³/mol. The summed E-state index contributed by atoms with van der Waals surface area (Å²) < 4.78 is 7.60. The summed E-state index contributed by atoms with van der Waals surface area (Å²) in [6, 6.07) is 7.87. The van der Waals surface area contributed by atoms with Crippen LogP contribution in [0.1, 0.15) is 44.1 Å². The Hall–Kier alpha value is -1.52. The van der Waals surface area contributed by atoms with Crippen molar-refractivity contribution in [1.82, 2.24) is 9.78 Å². The smallest absolute Gasteiger partial charge is 0.138 e. The lowest BCUT2D eigenvalue weighted by atomic mass is 10.1. The summed E-state index contributed by atoms with van der Waals surface area (Å²) in [5, 5.41) is 5.00. The molecule has 2 rings (SSSR count). The fourth-order valence-electron chi connectivity index (χ4n) is 1.81. The SMILES string of the molecule is CC(C)n1ccc(COc2ccc([C@@H](C)N)cc2Cl)n1. The molecule has 0 spiro atoms. The molecule has 1 aromatic carbocycles. The van der Waals surface area contributed by atoms with E-state index in [1.807, 2.05) is 42.1 Å². The second-order valence-corrected chi connectivity index (χ2v) is 5.56. The molecule has 0 aliphatic heterocycles. The van der Waals surface area contributed by atoms with Gasteiger partial charge in [-0.2, -0.15) is 5.10 Å². The second kappa shape index (κ2) is 6.29. The van der Waals surface area contributed by atoms with E-state index in [0.717, 1.165) is 11.3 Å².